The first-order valence-corrected chi connectivity index (χ1v) is 10.5. The molecule has 3 aliphatic rings. The highest BCUT2D eigenvalue weighted by Gasteiger charge is 2.35. The molecule has 0 spiro atoms. The van der Waals surface area contributed by atoms with Crippen molar-refractivity contribution in [1.29, 1.82) is 0 Å². The van der Waals surface area contributed by atoms with E-state index in [-0.39, 0.29) is 11.8 Å². The predicted octanol–water partition coefficient (Wildman–Crippen LogP) is 2.64. The Balaban J connectivity index is 1.36. The Labute approximate surface area is 162 Å². The van der Waals surface area contributed by atoms with Gasteiger partial charge < -0.3 is 14.7 Å². The third-order valence-corrected chi connectivity index (χ3v) is 6.18. The highest BCUT2D eigenvalue weighted by Crippen LogP contribution is 2.32. The average Bonchev–Trinajstić information content (AvgIpc) is 3.52. The summed E-state index contributed by atoms with van der Waals surface area (Å²) in [5.74, 6) is 1.29. The molecule has 146 valence electrons. The second kappa shape index (κ2) is 7.53. The van der Waals surface area contributed by atoms with E-state index in [1.807, 2.05) is 9.80 Å². The number of hydrogen-bond acceptors (Lipinski definition) is 3. The molecule has 2 heterocycles. The van der Waals surface area contributed by atoms with E-state index in [0.717, 1.165) is 32.2 Å². The number of aryl methyl sites for hydroxylation is 1. The van der Waals surface area contributed by atoms with Crippen LogP contribution in [0.1, 0.15) is 50.2 Å². The number of hydrogen-bond donors (Lipinski definition) is 0. The second-order valence-corrected chi connectivity index (χ2v) is 8.55. The molecule has 4 rings (SSSR count). The summed E-state index contributed by atoms with van der Waals surface area (Å²) in [7, 11) is 0. The van der Waals surface area contributed by atoms with Crippen molar-refractivity contribution in [3.8, 4) is 0 Å². The lowest BCUT2D eigenvalue weighted by atomic mass is 9.95. The fraction of sp³-hybridized carbons (Fsp3) is 0.636. The van der Waals surface area contributed by atoms with Crippen LogP contribution in [0.15, 0.2) is 18.2 Å². The number of carbonyl (C=O) groups excluding carboxylic acids is 2. The molecule has 2 fully saturated rings. The summed E-state index contributed by atoms with van der Waals surface area (Å²) in [5, 5.41) is 0. The van der Waals surface area contributed by atoms with E-state index in [9.17, 15) is 9.59 Å². The number of piperazine rings is 1. The standard InChI is InChI=1S/C22H31N3O2/c1-16(2)18-7-8-20-19(14-18)4-3-9-25(20)15-21(26)23-10-12-24(13-11-23)22(27)17-5-6-17/h7-8,14,16-17H,3-6,9-13,15H2,1-2H3. The molecular weight excluding hydrogens is 338 g/mol. The maximum Gasteiger partial charge on any atom is 0.242 e. The zero-order chi connectivity index (χ0) is 19.0. The van der Waals surface area contributed by atoms with Crippen molar-refractivity contribution in [1.82, 2.24) is 9.80 Å². The van der Waals surface area contributed by atoms with E-state index in [4.69, 9.17) is 0 Å². The Morgan fingerprint density at radius 1 is 1.04 bits per heavy atom. The summed E-state index contributed by atoms with van der Waals surface area (Å²) in [5.41, 5.74) is 3.97. The molecule has 0 aromatic heterocycles. The molecule has 1 aromatic rings. The van der Waals surface area contributed by atoms with Crippen molar-refractivity contribution in [2.75, 3.05) is 44.2 Å². The molecule has 5 heteroatoms. The summed E-state index contributed by atoms with van der Waals surface area (Å²) < 4.78 is 0. The quantitative estimate of drug-likeness (QED) is 0.820. The lowest BCUT2D eigenvalue weighted by molar-refractivity contribution is -0.139. The van der Waals surface area contributed by atoms with Gasteiger partial charge in [0.05, 0.1) is 6.54 Å². The fourth-order valence-electron chi connectivity index (χ4n) is 4.25. The number of nitrogens with zero attached hydrogens (tertiary/aromatic N) is 3. The second-order valence-electron chi connectivity index (χ2n) is 8.55. The molecule has 1 saturated heterocycles. The van der Waals surface area contributed by atoms with Gasteiger partial charge in [0.25, 0.3) is 0 Å². The van der Waals surface area contributed by atoms with Gasteiger partial charge in [0.15, 0.2) is 0 Å². The maximum atomic E-state index is 12.9. The first-order chi connectivity index (χ1) is 13.0. The van der Waals surface area contributed by atoms with Gasteiger partial charge in [-0.2, -0.15) is 0 Å². The fourth-order valence-corrected chi connectivity index (χ4v) is 4.25. The maximum absolute atomic E-state index is 12.9. The Morgan fingerprint density at radius 3 is 2.41 bits per heavy atom. The van der Waals surface area contributed by atoms with Gasteiger partial charge in [0.1, 0.15) is 0 Å². The van der Waals surface area contributed by atoms with Crippen molar-refractivity contribution in [2.45, 2.75) is 45.4 Å². The van der Waals surface area contributed by atoms with Gasteiger partial charge in [-0.15, -0.1) is 0 Å². The number of amides is 2. The summed E-state index contributed by atoms with van der Waals surface area (Å²) >= 11 is 0. The zero-order valence-electron chi connectivity index (χ0n) is 16.6. The van der Waals surface area contributed by atoms with Crippen molar-refractivity contribution in [3.63, 3.8) is 0 Å². The molecule has 1 saturated carbocycles. The topological polar surface area (TPSA) is 43.9 Å². The average molecular weight is 370 g/mol. The van der Waals surface area contributed by atoms with Crippen LogP contribution in [-0.4, -0.2) is 60.9 Å². The molecule has 0 radical (unpaired) electrons. The number of fused-ring (bicyclic) bond motifs is 1. The first kappa shape index (κ1) is 18.3. The molecule has 0 unspecified atom stereocenters. The van der Waals surface area contributed by atoms with Gasteiger partial charge in [-0.3, -0.25) is 9.59 Å². The van der Waals surface area contributed by atoms with Crippen LogP contribution in [0.2, 0.25) is 0 Å². The Kier molecular flexibility index (Phi) is 5.11. The molecule has 2 aliphatic heterocycles. The zero-order valence-corrected chi connectivity index (χ0v) is 16.6. The number of benzene rings is 1. The number of anilines is 1. The van der Waals surface area contributed by atoms with E-state index in [1.54, 1.807) is 0 Å². The minimum Gasteiger partial charge on any atom is -0.362 e. The largest absolute Gasteiger partial charge is 0.362 e. The van der Waals surface area contributed by atoms with Crippen LogP contribution >= 0.6 is 0 Å². The van der Waals surface area contributed by atoms with Crippen LogP contribution in [0.3, 0.4) is 0 Å². The van der Waals surface area contributed by atoms with Crippen LogP contribution in [0.25, 0.3) is 0 Å². The van der Waals surface area contributed by atoms with Crippen LogP contribution in [-0.2, 0) is 16.0 Å². The van der Waals surface area contributed by atoms with Crippen LogP contribution in [0.5, 0.6) is 0 Å². The predicted molar refractivity (Wildman–Crippen MR) is 107 cm³/mol. The van der Waals surface area contributed by atoms with E-state index in [1.165, 1.54) is 16.8 Å². The van der Waals surface area contributed by atoms with E-state index in [2.05, 4.69) is 36.9 Å². The summed E-state index contributed by atoms with van der Waals surface area (Å²) in [6.45, 7) is 8.56. The smallest absolute Gasteiger partial charge is 0.242 e. The van der Waals surface area contributed by atoms with E-state index >= 15 is 0 Å². The lowest BCUT2D eigenvalue weighted by Gasteiger charge is -2.37. The third-order valence-electron chi connectivity index (χ3n) is 6.18. The first-order valence-electron chi connectivity index (χ1n) is 10.5. The van der Waals surface area contributed by atoms with Gasteiger partial charge in [0, 0.05) is 44.3 Å². The molecule has 1 aromatic carbocycles. The molecule has 2 amide bonds. The highest BCUT2D eigenvalue weighted by molar-refractivity contribution is 5.83. The van der Waals surface area contributed by atoms with Crippen LogP contribution in [0, 0.1) is 5.92 Å². The summed E-state index contributed by atoms with van der Waals surface area (Å²) in [4.78, 5) is 31.2. The molecule has 5 nitrogen and oxygen atoms in total. The van der Waals surface area contributed by atoms with Gasteiger partial charge in [-0.1, -0.05) is 26.0 Å². The lowest BCUT2D eigenvalue weighted by Crippen LogP contribution is -2.53. The molecule has 0 atom stereocenters. The van der Waals surface area contributed by atoms with Crippen LogP contribution in [0.4, 0.5) is 5.69 Å². The van der Waals surface area contributed by atoms with Crippen molar-refractivity contribution >= 4 is 17.5 Å². The Hall–Kier alpha value is -2.04. The van der Waals surface area contributed by atoms with E-state index in [0.29, 0.717) is 44.5 Å². The molecule has 0 N–H and O–H groups in total. The van der Waals surface area contributed by atoms with Gasteiger partial charge in [-0.05, 0) is 48.8 Å². The summed E-state index contributed by atoms with van der Waals surface area (Å²) in [6, 6.07) is 6.72. The van der Waals surface area contributed by atoms with E-state index < -0.39 is 0 Å². The number of carbonyl (C=O) groups is 2. The minimum atomic E-state index is 0.189. The summed E-state index contributed by atoms with van der Waals surface area (Å²) in [6.07, 6.45) is 4.30. The molecular formula is C22H31N3O2. The number of rotatable bonds is 4. The van der Waals surface area contributed by atoms with Crippen molar-refractivity contribution in [2.24, 2.45) is 5.92 Å². The third kappa shape index (κ3) is 3.97. The molecule has 1 aliphatic carbocycles. The van der Waals surface area contributed by atoms with Crippen LogP contribution < -0.4 is 4.90 Å². The highest BCUT2D eigenvalue weighted by atomic mass is 16.2. The van der Waals surface area contributed by atoms with Crippen molar-refractivity contribution < 1.29 is 9.59 Å². The molecule has 27 heavy (non-hydrogen) atoms. The van der Waals surface area contributed by atoms with Gasteiger partial charge in [-0.25, -0.2) is 0 Å². The Morgan fingerprint density at radius 2 is 1.74 bits per heavy atom. The normalized spacial score (nSPS) is 20.0. The SMILES string of the molecule is CC(C)c1ccc2c(c1)CCCN2CC(=O)N1CCN(C(=O)C2CC2)CC1. The Bertz CT molecular complexity index is 718. The van der Waals surface area contributed by atoms with Gasteiger partial charge >= 0.3 is 0 Å². The molecule has 0 bridgehead atoms. The minimum absolute atomic E-state index is 0.189. The van der Waals surface area contributed by atoms with Crippen molar-refractivity contribution in [3.05, 3.63) is 29.3 Å². The van der Waals surface area contributed by atoms with Gasteiger partial charge in [0.2, 0.25) is 11.8 Å². The monoisotopic (exact) mass is 369 g/mol.